The summed E-state index contributed by atoms with van der Waals surface area (Å²) >= 11 is 0. The number of amides is 1. The number of ether oxygens (including phenoxy) is 1. The van der Waals surface area contributed by atoms with Crippen LogP contribution in [0.25, 0.3) is 0 Å². The van der Waals surface area contributed by atoms with Crippen molar-refractivity contribution in [2.45, 2.75) is 13.8 Å². The molecule has 0 fully saturated rings. The Morgan fingerprint density at radius 1 is 1.12 bits per heavy atom. The highest BCUT2D eigenvalue weighted by molar-refractivity contribution is 7.88. The summed E-state index contributed by atoms with van der Waals surface area (Å²) < 4.78 is 26.0. The smallest absolute Gasteiger partial charge is 0.302 e. The largest absolute Gasteiger partial charge is 0.469 e. The molecule has 2 N–H and O–H groups in total. The van der Waals surface area contributed by atoms with Crippen molar-refractivity contribution in [2.24, 2.45) is 0 Å². The minimum Gasteiger partial charge on any atom is -0.469 e. The first-order valence-corrected chi connectivity index (χ1v) is 6.11. The number of carbonyl (C=O) groups is 2. The van der Waals surface area contributed by atoms with Crippen LogP contribution >= 0.6 is 0 Å². The summed E-state index contributed by atoms with van der Waals surface area (Å²) in [6.07, 6.45) is 1.10. The van der Waals surface area contributed by atoms with Crippen LogP contribution in [0.5, 0.6) is 0 Å². The number of sulfonamides is 1. The van der Waals surface area contributed by atoms with Gasteiger partial charge in [-0.1, -0.05) is 0 Å². The van der Waals surface area contributed by atoms with E-state index in [0.717, 1.165) is 6.26 Å². The zero-order valence-electron chi connectivity index (χ0n) is 10.4. The molecular formula is C8H20N2O5S. The summed E-state index contributed by atoms with van der Waals surface area (Å²) in [6, 6.07) is 0. The van der Waals surface area contributed by atoms with E-state index in [1.165, 1.54) is 28.0 Å². The van der Waals surface area contributed by atoms with Crippen molar-refractivity contribution in [3.63, 3.8) is 0 Å². The molecular weight excluding hydrogens is 236 g/mol. The molecule has 0 unspecified atom stereocenters. The first kappa shape index (κ1) is 20.3. The van der Waals surface area contributed by atoms with Gasteiger partial charge in [0.1, 0.15) is 0 Å². The Labute approximate surface area is 96.6 Å². The van der Waals surface area contributed by atoms with Gasteiger partial charge in [0.15, 0.2) is 0 Å². The summed E-state index contributed by atoms with van der Waals surface area (Å²) in [6.45, 7) is 2.83. The maximum atomic E-state index is 9.89. The Morgan fingerprint density at radius 2 is 1.31 bits per heavy atom. The second-order valence-corrected chi connectivity index (χ2v) is 4.43. The highest BCUT2D eigenvalue weighted by Gasteiger charge is 1.88. The van der Waals surface area contributed by atoms with Crippen LogP contribution in [0.3, 0.4) is 0 Å². The molecule has 16 heavy (non-hydrogen) atoms. The number of methoxy groups -OCH3 is 1. The minimum atomic E-state index is -2.91. The van der Waals surface area contributed by atoms with Gasteiger partial charge in [-0.05, 0) is 7.05 Å². The highest BCUT2D eigenvalue weighted by atomic mass is 32.2. The van der Waals surface area contributed by atoms with Crippen LogP contribution in [-0.2, 0) is 24.3 Å². The molecule has 0 bridgehead atoms. The van der Waals surface area contributed by atoms with Crippen molar-refractivity contribution in [1.82, 2.24) is 10.0 Å². The Balaban J connectivity index is -0.000000160. The van der Waals surface area contributed by atoms with Crippen LogP contribution in [0.15, 0.2) is 0 Å². The Bertz CT molecular complexity index is 273. The van der Waals surface area contributed by atoms with Crippen molar-refractivity contribution < 1.29 is 22.7 Å². The average Bonchev–Trinajstić information content (AvgIpc) is 2.18. The quantitative estimate of drug-likeness (QED) is 0.592. The second-order valence-electron chi connectivity index (χ2n) is 2.48. The van der Waals surface area contributed by atoms with Gasteiger partial charge < -0.3 is 10.1 Å². The van der Waals surface area contributed by atoms with Gasteiger partial charge in [0.25, 0.3) is 0 Å². The molecule has 0 saturated carbocycles. The van der Waals surface area contributed by atoms with Crippen LogP contribution in [-0.4, -0.2) is 47.8 Å². The van der Waals surface area contributed by atoms with Crippen LogP contribution in [0, 0.1) is 0 Å². The second kappa shape index (κ2) is 11.9. The van der Waals surface area contributed by atoms with E-state index in [2.05, 4.69) is 14.8 Å². The average molecular weight is 256 g/mol. The Hall–Kier alpha value is -1.15. The van der Waals surface area contributed by atoms with Crippen LogP contribution in [0.2, 0.25) is 0 Å². The Morgan fingerprint density at radius 3 is 1.31 bits per heavy atom. The molecule has 98 valence electrons. The monoisotopic (exact) mass is 256 g/mol. The van der Waals surface area contributed by atoms with Crippen LogP contribution < -0.4 is 10.0 Å². The lowest BCUT2D eigenvalue weighted by molar-refractivity contribution is -0.137. The zero-order valence-corrected chi connectivity index (χ0v) is 11.3. The van der Waals surface area contributed by atoms with E-state index in [4.69, 9.17) is 0 Å². The summed E-state index contributed by atoms with van der Waals surface area (Å²) in [5, 5.41) is 2.39. The number of rotatable bonds is 1. The molecule has 0 aliphatic heterocycles. The molecule has 0 aromatic rings. The van der Waals surface area contributed by atoms with E-state index in [1.54, 1.807) is 7.05 Å². The fraction of sp³-hybridized carbons (Fsp3) is 0.750. The van der Waals surface area contributed by atoms with E-state index in [0.29, 0.717) is 0 Å². The Kier molecular flexibility index (Phi) is 15.1. The van der Waals surface area contributed by atoms with Gasteiger partial charge in [0.2, 0.25) is 15.9 Å². The molecule has 7 nitrogen and oxygen atoms in total. The van der Waals surface area contributed by atoms with Gasteiger partial charge >= 0.3 is 5.97 Å². The molecule has 8 heteroatoms. The third kappa shape index (κ3) is 52.7. The lowest BCUT2D eigenvalue weighted by Gasteiger charge is -1.85. The lowest BCUT2D eigenvalue weighted by atomic mass is 10.7. The molecule has 0 heterocycles. The van der Waals surface area contributed by atoms with Crippen molar-refractivity contribution in [3.8, 4) is 0 Å². The molecule has 0 saturated heterocycles. The molecule has 0 aliphatic rings. The normalized spacial score (nSPS) is 8.62. The number of carbonyl (C=O) groups excluding carboxylic acids is 2. The van der Waals surface area contributed by atoms with E-state index in [1.807, 2.05) is 0 Å². The SMILES string of the molecule is CNC(C)=O.CNS(C)(=O)=O.COC(C)=O. The maximum Gasteiger partial charge on any atom is 0.302 e. The first-order valence-electron chi connectivity index (χ1n) is 4.22. The molecule has 0 atom stereocenters. The highest BCUT2D eigenvalue weighted by Crippen LogP contribution is 1.62. The van der Waals surface area contributed by atoms with Crippen molar-refractivity contribution in [2.75, 3.05) is 27.5 Å². The summed E-state index contributed by atoms with van der Waals surface area (Å²) in [4.78, 5) is 19.3. The molecule has 0 aromatic heterocycles. The van der Waals surface area contributed by atoms with Crippen LogP contribution in [0.1, 0.15) is 13.8 Å². The molecule has 0 aromatic carbocycles. The summed E-state index contributed by atoms with van der Waals surface area (Å²) in [5.41, 5.74) is 0. The summed E-state index contributed by atoms with van der Waals surface area (Å²) in [5.74, 6) is -0.241. The first-order chi connectivity index (χ1) is 7.10. The van der Waals surface area contributed by atoms with E-state index >= 15 is 0 Å². The lowest BCUT2D eigenvalue weighted by Crippen LogP contribution is -2.15. The van der Waals surface area contributed by atoms with Gasteiger partial charge in [-0.3, -0.25) is 9.59 Å². The topological polar surface area (TPSA) is 102 Å². The fourth-order valence-electron chi connectivity index (χ4n) is 0. The molecule has 1 amide bonds. The van der Waals surface area contributed by atoms with E-state index in [9.17, 15) is 18.0 Å². The molecule has 0 spiro atoms. The number of nitrogens with one attached hydrogen (secondary N) is 2. The van der Waals surface area contributed by atoms with Crippen molar-refractivity contribution >= 4 is 21.9 Å². The van der Waals surface area contributed by atoms with Crippen molar-refractivity contribution in [1.29, 1.82) is 0 Å². The maximum absolute atomic E-state index is 9.89. The van der Waals surface area contributed by atoms with Gasteiger partial charge in [0, 0.05) is 20.9 Å². The fourth-order valence-corrected chi connectivity index (χ4v) is 0. The van der Waals surface area contributed by atoms with E-state index in [-0.39, 0.29) is 11.9 Å². The zero-order chi connectivity index (χ0) is 13.8. The summed E-state index contributed by atoms with van der Waals surface area (Å²) in [7, 11) is 1.41. The minimum absolute atomic E-state index is 0.00463. The van der Waals surface area contributed by atoms with Gasteiger partial charge in [-0.2, -0.15) is 0 Å². The van der Waals surface area contributed by atoms with Crippen LogP contribution in [0.4, 0.5) is 0 Å². The van der Waals surface area contributed by atoms with Gasteiger partial charge in [0.05, 0.1) is 13.4 Å². The third-order valence-electron chi connectivity index (χ3n) is 1.01. The van der Waals surface area contributed by atoms with E-state index < -0.39 is 10.0 Å². The predicted molar refractivity (Wildman–Crippen MR) is 61.3 cm³/mol. The van der Waals surface area contributed by atoms with Gasteiger partial charge in [-0.15, -0.1) is 0 Å². The molecule has 0 rings (SSSR count). The molecule has 0 aliphatic carbocycles. The number of hydrogen-bond acceptors (Lipinski definition) is 5. The number of hydrogen-bond donors (Lipinski definition) is 2. The third-order valence-corrected chi connectivity index (χ3v) is 1.75. The standard InChI is InChI=1S/C3H7NO.C3H6O2.C2H7NO2S/c1-3(5)4-2;1-3(4)5-2;1-3-6(2,4)5/h1-2H3,(H,4,5);1-2H3;3H,1-2H3. The van der Waals surface area contributed by atoms with Gasteiger partial charge in [-0.25, -0.2) is 13.1 Å². The van der Waals surface area contributed by atoms with Crippen molar-refractivity contribution in [3.05, 3.63) is 0 Å². The molecule has 0 radical (unpaired) electrons. The predicted octanol–water partition coefficient (Wildman–Crippen LogP) is -0.903. The number of esters is 1.